The lowest BCUT2D eigenvalue weighted by atomic mass is 10.0. The van der Waals surface area contributed by atoms with E-state index < -0.39 is 0 Å². The van der Waals surface area contributed by atoms with E-state index in [1.165, 1.54) is 6.08 Å². The molecule has 29 heavy (non-hydrogen) atoms. The number of nitrogens with zero attached hydrogens (tertiary/aromatic N) is 2. The van der Waals surface area contributed by atoms with Crippen molar-refractivity contribution in [2.75, 3.05) is 26.2 Å². The monoisotopic (exact) mass is 411 g/mol. The van der Waals surface area contributed by atoms with Crippen LogP contribution in [0.3, 0.4) is 0 Å². The fourth-order valence-corrected chi connectivity index (χ4v) is 3.33. The van der Waals surface area contributed by atoms with Crippen molar-refractivity contribution in [3.8, 4) is 11.8 Å². The summed E-state index contributed by atoms with van der Waals surface area (Å²) in [6.45, 7) is 6.39. The van der Waals surface area contributed by atoms with E-state index in [4.69, 9.17) is 21.6 Å². The summed E-state index contributed by atoms with van der Waals surface area (Å²) in [5.74, 6) is 0.453. The highest BCUT2D eigenvalue weighted by Gasteiger charge is 2.20. The molecular formula is C23H26ClN3O2. The van der Waals surface area contributed by atoms with Gasteiger partial charge in [0, 0.05) is 17.6 Å². The highest BCUT2D eigenvalue weighted by atomic mass is 35.5. The van der Waals surface area contributed by atoms with Crippen molar-refractivity contribution in [3.63, 3.8) is 0 Å². The lowest BCUT2D eigenvalue weighted by Gasteiger charge is -2.30. The normalized spacial score (nSPS) is 12.0. The molecule has 1 atom stereocenters. The Morgan fingerprint density at radius 3 is 2.52 bits per heavy atom. The van der Waals surface area contributed by atoms with E-state index in [1.54, 1.807) is 18.2 Å². The fraction of sp³-hybridized carbons (Fsp3) is 0.304. The van der Waals surface area contributed by atoms with E-state index in [-0.39, 0.29) is 18.6 Å². The van der Waals surface area contributed by atoms with Crippen molar-refractivity contribution in [1.29, 1.82) is 5.26 Å². The summed E-state index contributed by atoms with van der Waals surface area (Å²) >= 11 is 6.40. The highest BCUT2D eigenvalue weighted by Crippen LogP contribution is 2.27. The number of benzene rings is 2. The van der Waals surface area contributed by atoms with Crippen molar-refractivity contribution in [1.82, 2.24) is 10.2 Å². The van der Waals surface area contributed by atoms with Gasteiger partial charge in [0.1, 0.15) is 11.8 Å². The van der Waals surface area contributed by atoms with E-state index in [0.29, 0.717) is 17.3 Å². The van der Waals surface area contributed by atoms with Gasteiger partial charge in [-0.15, -0.1) is 0 Å². The summed E-state index contributed by atoms with van der Waals surface area (Å²) in [4.78, 5) is 14.6. The molecule has 0 saturated heterocycles. The average molecular weight is 412 g/mol. The molecule has 0 aromatic heterocycles. The number of carbonyl (C=O) groups is 1. The SMILES string of the molecule is CCN(CC)C(CNC(=O)/C=C/c1ccc(OCC#N)cc1)c1ccccc1Cl. The van der Waals surface area contributed by atoms with E-state index in [9.17, 15) is 4.79 Å². The molecule has 0 saturated carbocycles. The topological polar surface area (TPSA) is 65.4 Å². The lowest BCUT2D eigenvalue weighted by molar-refractivity contribution is -0.116. The number of hydrogen-bond acceptors (Lipinski definition) is 4. The zero-order valence-electron chi connectivity index (χ0n) is 16.8. The van der Waals surface area contributed by atoms with Crippen molar-refractivity contribution >= 4 is 23.6 Å². The van der Waals surface area contributed by atoms with E-state index in [0.717, 1.165) is 24.2 Å². The Kier molecular flexibility index (Phi) is 9.23. The maximum absolute atomic E-state index is 12.3. The van der Waals surface area contributed by atoms with Gasteiger partial charge in [0.25, 0.3) is 0 Å². The molecular weight excluding hydrogens is 386 g/mol. The number of likely N-dealkylation sites (N-methyl/N-ethyl adjacent to an activating group) is 1. The maximum atomic E-state index is 12.3. The summed E-state index contributed by atoms with van der Waals surface area (Å²) in [7, 11) is 0. The molecule has 0 aliphatic rings. The molecule has 6 heteroatoms. The van der Waals surface area contributed by atoms with Crippen LogP contribution in [0.4, 0.5) is 0 Å². The zero-order valence-corrected chi connectivity index (χ0v) is 17.5. The number of halogens is 1. The quantitative estimate of drug-likeness (QED) is 0.586. The van der Waals surface area contributed by atoms with E-state index in [2.05, 4.69) is 24.1 Å². The molecule has 0 bridgehead atoms. The van der Waals surface area contributed by atoms with Crippen LogP contribution in [-0.2, 0) is 4.79 Å². The van der Waals surface area contributed by atoms with Gasteiger partial charge in [-0.1, -0.05) is 55.8 Å². The first-order valence-electron chi connectivity index (χ1n) is 9.63. The predicted octanol–water partition coefficient (Wildman–Crippen LogP) is 4.45. The number of nitrogens with one attached hydrogen (secondary N) is 1. The van der Waals surface area contributed by atoms with Crippen LogP contribution < -0.4 is 10.1 Å². The van der Waals surface area contributed by atoms with Gasteiger partial charge in [0.15, 0.2) is 6.61 Å². The second-order valence-corrected chi connectivity index (χ2v) is 6.76. The Balaban J connectivity index is 2.00. The molecule has 0 radical (unpaired) electrons. The summed E-state index contributed by atoms with van der Waals surface area (Å²) in [5.41, 5.74) is 1.88. The van der Waals surface area contributed by atoms with Gasteiger partial charge < -0.3 is 10.1 Å². The number of hydrogen-bond donors (Lipinski definition) is 1. The molecule has 2 rings (SSSR count). The molecule has 0 spiro atoms. The molecule has 5 nitrogen and oxygen atoms in total. The standard InChI is InChI=1S/C23H26ClN3O2/c1-3-27(4-2)22(20-7-5-6-8-21(20)24)17-26-23(28)14-11-18-9-12-19(13-10-18)29-16-15-25/h5-14,22H,3-4,16-17H2,1-2H3,(H,26,28)/b14-11+. The Labute approximate surface area is 177 Å². The Bertz CT molecular complexity index is 855. The summed E-state index contributed by atoms with van der Waals surface area (Å²) in [6.07, 6.45) is 3.25. The first-order valence-corrected chi connectivity index (χ1v) is 10.0. The van der Waals surface area contributed by atoms with Crippen molar-refractivity contribution < 1.29 is 9.53 Å². The molecule has 152 valence electrons. The molecule has 0 aliphatic carbocycles. The van der Waals surface area contributed by atoms with Crippen LogP contribution in [0.5, 0.6) is 5.75 Å². The molecule has 1 N–H and O–H groups in total. The minimum absolute atomic E-state index is 0.00705. The molecule has 1 unspecified atom stereocenters. The third-order valence-corrected chi connectivity index (χ3v) is 4.94. The van der Waals surface area contributed by atoms with Gasteiger partial charge in [0.05, 0.1) is 6.04 Å². The fourth-order valence-electron chi connectivity index (χ4n) is 3.06. The van der Waals surface area contributed by atoms with Crippen LogP contribution in [0.1, 0.15) is 31.0 Å². The van der Waals surface area contributed by atoms with Crippen LogP contribution in [0.25, 0.3) is 6.08 Å². The molecule has 2 aromatic rings. The Morgan fingerprint density at radius 2 is 1.90 bits per heavy atom. The predicted molar refractivity (Wildman–Crippen MR) is 117 cm³/mol. The van der Waals surface area contributed by atoms with Crippen molar-refractivity contribution in [2.24, 2.45) is 0 Å². The number of carbonyl (C=O) groups excluding carboxylic acids is 1. The number of ether oxygens (including phenoxy) is 1. The van der Waals surface area contributed by atoms with Gasteiger partial charge in [0.2, 0.25) is 5.91 Å². The van der Waals surface area contributed by atoms with Gasteiger partial charge in [-0.3, -0.25) is 9.69 Å². The molecule has 2 aromatic carbocycles. The highest BCUT2D eigenvalue weighted by molar-refractivity contribution is 6.31. The number of amides is 1. The smallest absolute Gasteiger partial charge is 0.244 e. The van der Waals surface area contributed by atoms with Gasteiger partial charge >= 0.3 is 0 Å². The summed E-state index contributed by atoms with van der Waals surface area (Å²) < 4.78 is 5.22. The minimum Gasteiger partial charge on any atom is -0.479 e. The van der Waals surface area contributed by atoms with Crippen molar-refractivity contribution in [2.45, 2.75) is 19.9 Å². The third kappa shape index (κ3) is 6.94. The Hall–Kier alpha value is -2.81. The van der Waals surface area contributed by atoms with Gasteiger partial charge in [-0.25, -0.2) is 0 Å². The van der Waals surface area contributed by atoms with Crippen LogP contribution in [0.15, 0.2) is 54.6 Å². The number of nitriles is 1. The van der Waals surface area contributed by atoms with Gasteiger partial charge in [-0.2, -0.15) is 5.26 Å². The first-order chi connectivity index (χ1) is 14.1. The first kappa shape index (κ1) is 22.5. The van der Waals surface area contributed by atoms with Crippen molar-refractivity contribution in [3.05, 3.63) is 70.8 Å². The maximum Gasteiger partial charge on any atom is 0.244 e. The largest absolute Gasteiger partial charge is 0.479 e. The van der Waals surface area contributed by atoms with Crippen LogP contribution in [-0.4, -0.2) is 37.0 Å². The number of rotatable bonds is 10. The molecule has 0 aliphatic heterocycles. The second kappa shape index (κ2) is 11.9. The Morgan fingerprint density at radius 1 is 1.21 bits per heavy atom. The average Bonchev–Trinajstić information content (AvgIpc) is 2.75. The van der Waals surface area contributed by atoms with Gasteiger partial charge in [-0.05, 0) is 48.5 Å². The van der Waals surface area contributed by atoms with E-state index >= 15 is 0 Å². The van der Waals surface area contributed by atoms with E-state index in [1.807, 2.05) is 42.5 Å². The zero-order chi connectivity index (χ0) is 21.1. The van der Waals surface area contributed by atoms with Crippen LogP contribution >= 0.6 is 11.6 Å². The molecule has 0 fully saturated rings. The van der Waals surface area contributed by atoms with Crippen LogP contribution in [0, 0.1) is 11.3 Å². The summed E-state index contributed by atoms with van der Waals surface area (Å²) in [5, 5.41) is 12.2. The van der Waals surface area contributed by atoms with Crippen LogP contribution in [0.2, 0.25) is 5.02 Å². The molecule has 0 heterocycles. The minimum atomic E-state index is -0.168. The lowest BCUT2D eigenvalue weighted by Crippen LogP contribution is -2.37. The molecule has 1 amide bonds. The third-order valence-electron chi connectivity index (χ3n) is 4.60. The second-order valence-electron chi connectivity index (χ2n) is 6.35. The summed E-state index contributed by atoms with van der Waals surface area (Å²) in [6, 6.07) is 16.9.